The minimum atomic E-state index is 0.821. The summed E-state index contributed by atoms with van der Waals surface area (Å²) in [5, 5.41) is 10.9. The van der Waals surface area contributed by atoms with Crippen molar-refractivity contribution in [2.45, 2.75) is 39.9 Å². The molecule has 2 heterocycles. The molecule has 0 aliphatic carbocycles. The summed E-state index contributed by atoms with van der Waals surface area (Å²) >= 11 is 1.69. The molecule has 4 nitrogen and oxygen atoms in total. The number of hydrogen-bond donors (Lipinski definition) is 1. The van der Waals surface area contributed by atoms with Crippen molar-refractivity contribution < 1.29 is 0 Å². The standard InChI is InChI=1S/C12H18N4S/c1-3-6-16-12(4-5-14-16)8-13-7-11-9-17-10(2)15-11/h4-5,9,13H,3,6-8H2,1-2H3. The molecule has 17 heavy (non-hydrogen) atoms. The van der Waals surface area contributed by atoms with Crippen LogP contribution in [-0.4, -0.2) is 14.8 Å². The lowest BCUT2D eigenvalue weighted by atomic mass is 10.4. The van der Waals surface area contributed by atoms with Gasteiger partial charge in [0.05, 0.1) is 16.4 Å². The van der Waals surface area contributed by atoms with Crippen LogP contribution in [0.4, 0.5) is 0 Å². The van der Waals surface area contributed by atoms with Crippen LogP contribution >= 0.6 is 11.3 Å². The highest BCUT2D eigenvalue weighted by molar-refractivity contribution is 7.09. The summed E-state index contributed by atoms with van der Waals surface area (Å²) in [5.41, 5.74) is 2.35. The second-order valence-corrected chi connectivity index (χ2v) is 5.07. The third-order valence-electron chi connectivity index (χ3n) is 2.52. The fourth-order valence-electron chi connectivity index (χ4n) is 1.73. The molecule has 0 saturated heterocycles. The van der Waals surface area contributed by atoms with E-state index in [4.69, 9.17) is 0 Å². The normalized spacial score (nSPS) is 10.9. The summed E-state index contributed by atoms with van der Waals surface area (Å²) in [7, 11) is 0. The molecule has 2 rings (SSSR count). The van der Waals surface area contributed by atoms with Gasteiger partial charge in [0.2, 0.25) is 0 Å². The molecule has 5 heteroatoms. The number of hydrogen-bond acceptors (Lipinski definition) is 4. The van der Waals surface area contributed by atoms with E-state index in [1.54, 1.807) is 11.3 Å². The van der Waals surface area contributed by atoms with Crippen molar-refractivity contribution in [1.29, 1.82) is 0 Å². The zero-order chi connectivity index (χ0) is 12.1. The highest BCUT2D eigenvalue weighted by Gasteiger charge is 2.02. The SMILES string of the molecule is CCCn1nccc1CNCc1csc(C)n1. The van der Waals surface area contributed by atoms with Gasteiger partial charge in [-0.3, -0.25) is 4.68 Å². The van der Waals surface area contributed by atoms with Crippen molar-refractivity contribution in [2.24, 2.45) is 0 Å². The Labute approximate surface area is 106 Å². The van der Waals surface area contributed by atoms with Crippen LogP contribution in [0.5, 0.6) is 0 Å². The maximum atomic E-state index is 4.42. The van der Waals surface area contributed by atoms with Gasteiger partial charge in [0.1, 0.15) is 0 Å². The van der Waals surface area contributed by atoms with Crippen molar-refractivity contribution in [3.05, 3.63) is 34.0 Å². The Kier molecular flexibility index (Phi) is 4.28. The minimum absolute atomic E-state index is 0.821. The van der Waals surface area contributed by atoms with Crippen LogP contribution in [0.3, 0.4) is 0 Å². The van der Waals surface area contributed by atoms with Gasteiger partial charge < -0.3 is 5.32 Å². The second kappa shape index (κ2) is 5.93. The lowest BCUT2D eigenvalue weighted by Crippen LogP contribution is -2.16. The predicted octanol–water partition coefficient (Wildman–Crippen LogP) is 2.35. The molecule has 0 atom stereocenters. The minimum Gasteiger partial charge on any atom is -0.305 e. The Hall–Kier alpha value is -1.20. The van der Waals surface area contributed by atoms with E-state index >= 15 is 0 Å². The fourth-order valence-corrected chi connectivity index (χ4v) is 2.34. The van der Waals surface area contributed by atoms with E-state index in [1.165, 1.54) is 5.69 Å². The van der Waals surface area contributed by atoms with E-state index < -0.39 is 0 Å². The van der Waals surface area contributed by atoms with Crippen LogP contribution in [0.2, 0.25) is 0 Å². The molecule has 0 aliphatic heterocycles. The Morgan fingerprint density at radius 1 is 1.41 bits per heavy atom. The first-order chi connectivity index (χ1) is 8.29. The van der Waals surface area contributed by atoms with E-state index in [0.29, 0.717) is 0 Å². The third kappa shape index (κ3) is 3.38. The van der Waals surface area contributed by atoms with Crippen LogP contribution in [0, 0.1) is 6.92 Å². The highest BCUT2D eigenvalue weighted by Crippen LogP contribution is 2.07. The predicted molar refractivity (Wildman–Crippen MR) is 69.9 cm³/mol. The molecular weight excluding hydrogens is 232 g/mol. The first kappa shape index (κ1) is 12.3. The van der Waals surface area contributed by atoms with Gasteiger partial charge in [0.15, 0.2) is 0 Å². The largest absolute Gasteiger partial charge is 0.305 e. The van der Waals surface area contributed by atoms with Crippen LogP contribution in [-0.2, 0) is 19.6 Å². The van der Waals surface area contributed by atoms with Gasteiger partial charge in [-0.25, -0.2) is 4.98 Å². The van der Waals surface area contributed by atoms with Crippen molar-refractivity contribution in [3.8, 4) is 0 Å². The summed E-state index contributed by atoms with van der Waals surface area (Å²) < 4.78 is 2.05. The molecule has 2 aromatic rings. The lowest BCUT2D eigenvalue weighted by molar-refractivity contribution is 0.548. The number of aryl methyl sites for hydroxylation is 2. The molecule has 0 saturated carbocycles. The van der Waals surface area contributed by atoms with Crippen LogP contribution in [0.15, 0.2) is 17.6 Å². The molecule has 2 aromatic heterocycles. The maximum Gasteiger partial charge on any atom is 0.0897 e. The molecule has 0 aromatic carbocycles. The van der Waals surface area contributed by atoms with Crippen LogP contribution in [0.1, 0.15) is 29.7 Å². The van der Waals surface area contributed by atoms with Gasteiger partial charge in [-0.15, -0.1) is 11.3 Å². The number of rotatable bonds is 6. The maximum absolute atomic E-state index is 4.42. The van der Waals surface area contributed by atoms with Gasteiger partial charge in [-0.05, 0) is 19.4 Å². The molecule has 0 bridgehead atoms. The van der Waals surface area contributed by atoms with E-state index in [2.05, 4.69) is 38.5 Å². The summed E-state index contributed by atoms with van der Waals surface area (Å²) in [6.45, 7) is 6.85. The quantitative estimate of drug-likeness (QED) is 0.855. The average Bonchev–Trinajstić information content (AvgIpc) is 2.90. The Balaban J connectivity index is 1.83. The topological polar surface area (TPSA) is 42.7 Å². The van der Waals surface area contributed by atoms with Crippen LogP contribution < -0.4 is 5.32 Å². The van der Waals surface area contributed by atoms with Crippen LogP contribution in [0.25, 0.3) is 0 Å². The van der Waals surface area contributed by atoms with E-state index in [0.717, 1.165) is 36.8 Å². The summed E-state index contributed by atoms with van der Waals surface area (Å²) in [4.78, 5) is 4.42. The van der Waals surface area contributed by atoms with Crippen molar-refractivity contribution in [1.82, 2.24) is 20.1 Å². The molecule has 0 radical (unpaired) electrons. The van der Waals surface area contributed by atoms with E-state index in [9.17, 15) is 0 Å². The molecule has 0 amide bonds. The summed E-state index contributed by atoms with van der Waals surface area (Å²) in [6.07, 6.45) is 2.97. The fraction of sp³-hybridized carbons (Fsp3) is 0.500. The Bertz CT molecular complexity index is 461. The van der Waals surface area contributed by atoms with Gasteiger partial charge in [0, 0.05) is 31.2 Å². The zero-order valence-electron chi connectivity index (χ0n) is 10.3. The Morgan fingerprint density at radius 2 is 2.29 bits per heavy atom. The van der Waals surface area contributed by atoms with Gasteiger partial charge in [-0.1, -0.05) is 6.92 Å². The number of nitrogens with one attached hydrogen (secondary N) is 1. The van der Waals surface area contributed by atoms with Gasteiger partial charge in [0.25, 0.3) is 0 Å². The van der Waals surface area contributed by atoms with E-state index in [-0.39, 0.29) is 0 Å². The lowest BCUT2D eigenvalue weighted by Gasteiger charge is -2.06. The van der Waals surface area contributed by atoms with Gasteiger partial charge >= 0.3 is 0 Å². The van der Waals surface area contributed by atoms with E-state index in [1.807, 2.05) is 13.1 Å². The number of thiazole rings is 1. The third-order valence-corrected chi connectivity index (χ3v) is 3.34. The molecule has 0 unspecified atom stereocenters. The molecule has 0 aliphatic rings. The summed E-state index contributed by atoms with van der Waals surface area (Å²) in [5.74, 6) is 0. The summed E-state index contributed by atoms with van der Waals surface area (Å²) in [6, 6.07) is 2.06. The molecular formula is C12H18N4S. The average molecular weight is 250 g/mol. The molecule has 0 fully saturated rings. The van der Waals surface area contributed by atoms with Gasteiger partial charge in [-0.2, -0.15) is 5.10 Å². The first-order valence-electron chi connectivity index (χ1n) is 5.92. The zero-order valence-corrected chi connectivity index (χ0v) is 11.1. The van der Waals surface area contributed by atoms with Crippen molar-refractivity contribution in [2.75, 3.05) is 0 Å². The number of aromatic nitrogens is 3. The molecule has 92 valence electrons. The first-order valence-corrected chi connectivity index (χ1v) is 6.80. The number of nitrogens with zero attached hydrogens (tertiary/aromatic N) is 3. The second-order valence-electron chi connectivity index (χ2n) is 4.01. The van der Waals surface area contributed by atoms with Crippen molar-refractivity contribution >= 4 is 11.3 Å². The highest BCUT2D eigenvalue weighted by atomic mass is 32.1. The Morgan fingerprint density at radius 3 is 3.00 bits per heavy atom. The molecule has 0 spiro atoms. The molecule has 1 N–H and O–H groups in total. The smallest absolute Gasteiger partial charge is 0.0897 e. The van der Waals surface area contributed by atoms with Crippen molar-refractivity contribution in [3.63, 3.8) is 0 Å². The monoisotopic (exact) mass is 250 g/mol.